The highest BCUT2D eigenvalue weighted by Gasteiger charge is 2.38. The summed E-state index contributed by atoms with van der Waals surface area (Å²) >= 11 is 0. The molecule has 3 heterocycles. The van der Waals surface area contributed by atoms with Gasteiger partial charge in [-0.25, -0.2) is 4.98 Å². The molecule has 0 fully saturated rings. The summed E-state index contributed by atoms with van der Waals surface area (Å²) in [5, 5.41) is 7.26. The third kappa shape index (κ3) is 2.41. The Morgan fingerprint density at radius 1 is 1.04 bits per heavy atom. The molecule has 5 rings (SSSR count). The quantitative estimate of drug-likeness (QED) is 0.729. The largest absolute Gasteiger partial charge is 0.270 e. The van der Waals surface area contributed by atoms with Crippen molar-refractivity contribution in [3.05, 3.63) is 77.1 Å². The minimum atomic E-state index is -0.312. The summed E-state index contributed by atoms with van der Waals surface area (Å²) in [6.07, 6.45) is 11.5. The van der Waals surface area contributed by atoms with Crippen LogP contribution in [0.5, 0.6) is 0 Å². The Hall–Kier alpha value is -3.54. The van der Waals surface area contributed by atoms with E-state index in [2.05, 4.69) is 33.4 Å². The number of carbonyl (C=O) groups is 2. The van der Waals surface area contributed by atoms with E-state index in [0.29, 0.717) is 22.2 Å². The average molecular weight is 356 g/mol. The number of imide groups is 1. The molecule has 6 nitrogen and oxygen atoms in total. The summed E-state index contributed by atoms with van der Waals surface area (Å²) in [5.74, 6) is -0.611. The lowest BCUT2D eigenvalue weighted by atomic mass is 9.95. The molecule has 1 aromatic carbocycles. The number of hydrogen-bond donors (Lipinski definition) is 1. The predicted molar refractivity (Wildman–Crippen MR) is 101 cm³/mol. The Bertz CT molecular complexity index is 1160. The zero-order valence-corrected chi connectivity index (χ0v) is 14.5. The van der Waals surface area contributed by atoms with Crippen molar-refractivity contribution < 1.29 is 9.59 Å². The number of H-pyrrole nitrogens is 1. The van der Waals surface area contributed by atoms with Gasteiger partial charge in [0, 0.05) is 6.20 Å². The second kappa shape index (κ2) is 6.02. The molecule has 0 atom stereocenters. The molecule has 27 heavy (non-hydrogen) atoms. The molecular formula is C21H16N4O2. The second-order valence-corrected chi connectivity index (χ2v) is 6.67. The SMILES string of the molecule is O=C1c2cnc3[nH]ncc3c2C(=O)N1Cc1ccccc1C1=CCCC=C1. The van der Waals surface area contributed by atoms with Crippen LogP contribution >= 0.6 is 0 Å². The maximum Gasteiger partial charge on any atom is 0.263 e. The van der Waals surface area contributed by atoms with E-state index in [9.17, 15) is 9.59 Å². The number of aromatic amines is 1. The monoisotopic (exact) mass is 356 g/mol. The number of hydrogen-bond acceptors (Lipinski definition) is 4. The van der Waals surface area contributed by atoms with Crippen LogP contribution in [0, 0.1) is 0 Å². The Labute approximate surface area is 155 Å². The number of pyridine rings is 1. The summed E-state index contributed by atoms with van der Waals surface area (Å²) in [7, 11) is 0. The molecule has 1 N–H and O–H groups in total. The van der Waals surface area contributed by atoms with Crippen LogP contribution in [0.25, 0.3) is 16.6 Å². The van der Waals surface area contributed by atoms with Gasteiger partial charge in [0.25, 0.3) is 11.8 Å². The van der Waals surface area contributed by atoms with Gasteiger partial charge in [0.2, 0.25) is 0 Å². The number of carbonyl (C=O) groups excluding carboxylic acids is 2. The maximum absolute atomic E-state index is 13.0. The van der Waals surface area contributed by atoms with Crippen molar-refractivity contribution in [2.45, 2.75) is 19.4 Å². The van der Waals surface area contributed by atoms with E-state index in [-0.39, 0.29) is 18.4 Å². The second-order valence-electron chi connectivity index (χ2n) is 6.67. The molecule has 0 radical (unpaired) electrons. The van der Waals surface area contributed by atoms with Crippen molar-refractivity contribution in [1.29, 1.82) is 0 Å². The fourth-order valence-electron chi connectivity index (χ4n) is 3.73. The molecule has 0 saturated heterocycles. The molecule has 0 spiro atoms. The predicted octanol–water partition coefficient (Wildman–Crippen LogP) is 3.49. The average Bonchev–Trinajstić information content (AvgIpc) is 3.28. The van der Waals surface area contributed by atoms with Crippen molar-refractivity contribution >= 4 is 28.4 Å². The molecule has 2 amide bonds. The molecular weight excluding hydrogens is 340 g/mol. The molecule has 6 heteroatoms. The highest BCUT2D eigenvalue weighted by atomic mass is 16.2. The van der Waals surface area contributed by atoms with Crippen LogP contribution in [0.4, 0.5) is 0 Å². The third-order valence-corrected chi connectivity index (χ3v) is 5.07. The minimum absolute atomic E-state index is 0.229. The maximum atomic E-state index is 13.0. The molecule has 2 aromatic heterocycles. The van der Waals surface area contributed by atoms with E-state index in [1.165, 1.54) is 11.1 Å². The Balaban J connectivity index is 1.54. The fraction of sp³-hybridized carbons (Fsp3) is 0.143. The van der Waals surface area contributed by atoms with Gasteiger partial charge in [0.15, 0.2) is 5.65 Å². The number of rotatable bonds is 3. The van der Waals surface area contributed by atoms with Gasteiger partial charge in [-0.1, -0.05) is 42.5 Å². The van der Waals surface area contributed by atoms with Gasteiger partial charge in [0.05, 0.1) is 29.3 Å². The van der Waals surface area contributed by atoms with Crippen molar-refractivity contribution in [2.75, 3.05) is 0 Å². The third-order valence-electron chi connectivity index (χ3n) is 5.07. The van der Waals surface area contributed by atoms with E-state index in [1.54, 1.807) is 6.20 Å². The number of allylic oxidation sites excluding steroid dienone is 4. The van der Waals surface area contributed by atoms with Crippen LogP contribution in [-0.4, -0.2) is 31.9 Å². The summed E-state index contributed by atoms with van der Waals surface area (Å²) in [6.45, 7) is 0.229. The molecule has 1 aliphatic carbocycles. The van der Waals surface area contributed by atoms with E-state index >= 15 is 0 Å². The molecule has 132 valence electrons. The first-order valence-electron chi connectivity index (χ1n) is 8.87. The smallest absolute Gasteiger partial charge is 0.263 e. The van der Waals surface area contributed by atoms with Gasteiger partial charge in [-0.2, -0.15) is 5.10 Å². The fourth-order valence-corrected chi connectivity index (χ4v) is 3.73. The number of aromatic nitrogens is 3. The van der Waals surface area contributed by atoms with Gasteiger partial charge in [-0.3, -0.25) is 19.6 Å². The molecule has 2 aliphatic rings. The molecule has 0 unspecified atom stereocenters. The first-order valence-corrected chi connectivity index (χ1v) is 8.87. The van der Waals surface area contributed by atoms with Crippen molar-refractivity contribution in [2.24, 2.45) is 0 Å². The lowest BCUT2D eigenvalue weighted by Gasteiger charge is -2.18. The first kappa shape index (κ1) is 15.7. The van der Waals surface area contributed by atoms with E-state index in [1.807, 2.05) is 24.3 Å². The van der Waals surface area contributed by atoms with Crippen LogP contribution in [0.1, 0.15) is 44.7 Å². The number of nitrogens with zero attached hydrogens (tertiary/aromatic N) is 3. The molecule has 0 saturated carbocycles. The van der Waals surface area contributed by atoms with Crippen molar-refractivity contribution in [3.63, 3.8) is 0 Å². The summed E-state index contributed by atoms with van der Waals surface area (Å²) in [5.41, 5.74) is 4.36. The number of nitrogens with one attached hydrogen (secondary N) is 1. The van der Waals surface area contributed by atoms with E-state index in [4.69, 9.17) is 0 Å². The van der Waals surface area contributed by atoms with Crippen molar-refractivity contribution in [1.82, 2.24) is 20.1 Å². The normalized spacial score (nSPS) is 16.1. The van der Waals surface area contributed by atoms with Crippen molar-refractivity contribution in [3.8, 4) is 0 Å². The highest BCUT2D eigenvalue weighted by Crippen LogP contribution is 2.31. The lowest BCUT2D eigenvalue weighted by molar-refractivity contribution is 0.0643. The van der Waals surface area contributed by atoms with Gasteiger partial charge in [-0.05, 0) is 29.5 Å². The van der Waals surface area contributed by atoms with Crippen LogP contribution in [0.3, 0.4) is 0 Å². The highest BCUT2D eigenvalue weighted by molar-refractivity contribution is 6.25. The minimum Gasteiger partial charge on any atom is -0.270 e. The lowest BCUT2D eigenvalue weighted by Crippen LogP contribution is -2.29. The van der Waals surface area contributed by atoms with Gasteiger partial charge >= 0.3 is 0 Å². The Kier molecular flexibility index (Phi) is 3.50. The van der Waals surface area contributed by atoms with Crippen LogP contribution in [-0.2, 0) is 6.54 Å². The summed E-state index contributed by atoms with van der Waals surface area (Å²) in [6, 6.07) is 7.90. The van der Waals surface area contributed by atoms with Gasteiger partial charge < -0.3 is 0 Å². The van der Waals surface area contributed by atoms with Gasteiger partial charge in [0.1, 0.15) is 0 Å². The summed E-state index contributed by atoms with van der Waals surface area (Å²) < 4.78 is 0. The molecule has 0 bridgehead atoms. The van der Waals surface area contributed by atoms with E-state index < -0.39 is 0 Å². The Morgan fingerprint density at radius 3 is 2.78 bits per heavy atom. The summed E-state index contributed by atoms with van der Waals surface area (Å²) in [4.78, 5) is 31.4. The molecule has 1 aliphatic heterocycles. The zero-order chi connectivity index (χ0) is 18.4. The van der Waals surface area contributed by atoms with Crippen LogP contribution in [0.2, 0.25) is 0 Å². The topological polar surface area (TPSA) is 79.0 Å². The standard InChI is InChI=1S/C21H16N4O2/c26-20-17-10-22-19-16(11-23-24-19)18(17)21(27)25(20)12-14-8-4-5-9-15(14)13-6-2-1-3-7-13/h2,4-11H,1,3,12H2,(H,22,23,24). The number of amides is 2. The number of fused-ring (bicyclic) bond motifs is 3. The Morgan fingerprint density at radius 2 is 1.93 bits per heavy atom. The van der Waals surface area contributed by atoms with Crippen LogP contribution in [0.15, 0.2) is 54.9 Å². The van der Waals surface area contributed by atoms with E-state index in [0.717, 1.165) is 29.5 Å². The zero-order valence-electron chi connectivity index (χ0n) is 14.5. The van der Waals surface area contributed by atoms with Crippen LogP contribution < -0.4 is 0 Å². The number of benzene rings is 1. The van der Waals surface area contributed by atoms with Gasteiger partial charge in [-0.15, -0.1) is 0 Å². The first-order chi connectivity index (χ1) is 13.2. The molecule has 3 aromatic rings.